The Kier molecular flexibility index (Phi) is 4.12. The largest absolute Gasteiger partial charge is 0.368 e. The summed E-state index contributed by atoms with van der Waals surface area (Å²) in [5, 5.41) is 6.43. The molecule has 1 aromatic heterocycles. The zero-order valence-corrected chi connectivity index (χ0v) is 10.6. The first-order valence-corrected chi connectivity index (χ1v) is 6.33. The van der Waals surface area contributed by atoms with E-state index in [4.69, 9.17) is 0 Å². The van der Waals surface area contributed by atoms with E-state index in [1.807, 2.05) is 0 Å². The van der Waals surface area contributed by atoms with Crippen LogP contribution in [0.25, 0.3) is 0 Å². The molecule has 5 heteroatoms. The number of anilines is 1. The van der Waals surface area contributed by atoms with Crippen LogP contribution in [0.4, 0.5) is 10.2 Å². The predicted octanol–water partition coefficient (Wildman–Crippen LogP) is 2.54. The lowest BCUT2D eigenvalue weighted by Gasteiger charge is -2.11. The van der Waals surface area contributed by atoms with Gasteiger partial charge in [0.05, 0.1) is 0 Å². The summed E-state index contributed by atoms with van der Waals surface area (Å²) in [6.45, 7) is 1.86. The van der Waals surface area contributed by atoms with Crippen LogP contribution >= 0.6 is 15.9 Å². The maximum Gasteiger partial charge on any atom is 0.166 e. The van der Waals surface area contributed by atoms with Crippen LogP contribution in [-0.4, -0.2) is 24.1 Å². The minimum atomic E-state index is -0.311. The van der Waals surface area contributed by atoms with Crippen LogP contribution < -0.4 is 10.6 Å². The molecule has 2 heterocycles. The van der Waals surface area contributed by atoms with E-state index in [1.165, 1.54) is 18.9 Å². The number of hydrogen-bond donors (Lipinski definition) is 2. The highest BCUT2D eigenvalue weighted by molar-refractivity contribution is 9.10. The lowest BCUT2D eigenvalue weighted by molar-refractivity contribution is 0.570. The molecule has 0 spiro atoms. The van der Waals surface area contributed by atoms with Crippen molar-refractivity contribution in [1.29, 1.82) is 0 Å². The van der Waals surface area contributed by atoms with Gasteiger partial charge in [-0.05, 0) is 47.8 Å². The van der Waals surface area contributed by atoms with E-state index < -0.39 is 0 Å². The van der Waals surface area contributed by atoms with Gasteiger partial charge in [-0.1, -0.05) is 0 Å². The number of hydrogen-bond acceptors (Lipinski definition) is 3. The van der Waals surface area contributed by atoms with Crippen LogP contribution in [0.1, 0.15) is 19.3 Å². The van der Waals surface area contributed by atoms with Gasteiger partial charge >= 0.3 is 0 Å². The van der Waals surface area contributed by atoms with Crippen LogP contribution in [0.3, 0.4) is 0 Å². The smallest absolute Gasteiger partial charge is 0.166 e. The van der Waals surface area contributed by atoms with Gasteiger partial charge in [-0.3, -0.25) is 0 Å². The maximum atomic E-state index is 13.4. The van der Waals surface area contributed by atoms with Gasteiger partial charge in [0, 0.05) is 23.3 Å². The molecule has 1 aliphatic rings. The minimum absolute atomic E-state index is 0.311. The highest BCUT2D eigenvalue weighted by Crippen LogP contribution is 2.16. The van der Waals surface area contributed by atoms with Crippen molar-refractivity contribution >= 4 is 21.7 Å². The zero-order chi connectivity index (χ0) is 11.4. The van der Waals surface area contributed by atoms with Crippen molar-refractivity contribution in [2.75, 3.05) is 18.4 Å². The van der Waals surface area contributed by atoms with E-state index in [-0.39, 0.29) is 5.82 Å². The first kappa shape index (κ1) is 11.8. The van der Waals surface area contributed by atoms with E-state index in [0.29, 0.717) is 16.3 Å². The van der Waals surface area contributed by atoms with Gasteiger partial charge < -0.3 is 10.6 Å². The summed E-state index contributed by atoms with van der Waals surface area (Å²) in [5.74, 6) is 0.0231. The molecule has 1 atom stereocenters. The second-order valence-corrected chi connectivity index (χ2v) is 4.91. The van der Waals surface area contributed by atoms with Gasteiger partial charge in [-0.15, -0.1) is 0 Å². The predicted molar refractivity (Wildman–Crippen MR) is 66.0 cm³/mol. The van der Waals surface area contributed by atoms with E-state index in [0.717, 1.165) is 19.5 Å². The molecule has 0 saturated carbocycles. The molecule has 3 nitrogen and oxygen atoms in total. The summed E-state index contributed by atoms with van der Waals surface area (Å²) < 4.78 is 14.0. The molecule has 16 heavy (non-hydrogen) atoms. The summed E-state index contributed by atoms with van der Waals surface area (Å²) in [4.78, 5) is 3.99. The summed E-state index contributed by atoms with van der Waals surface area (Å²) in [7, 11) is 0. The second kappa shape index (κ2) is 5.59. The third-order valence-corrected chi connectivity index (χ3v) is 3.19. The maximum absolute atomic E-state index is 13.4. The lowest BCUT2D eigenvalue weighted by Crippen LogP contribution is -2.24. The van der Waals surface area contributed by atoms with E-state index in [9.17, 15) is 4.39 Å². The SMILES string of the molecule is Fc1cc(Br)cnc1NCCC1CCCN1. The molecule has 1 aromatic rings. The van der Waals surface area contributed by atoms with Gasteiger partial charge in [-0.2, -0.15) is 0 Å². The third-order valence-electron chi connectivity index (χ3n) is 2.76. The van der Waals surface area contributed by atoms with Crippen LogP contribution in [0.2, 0.25) is 0 Å². The monoisotopic (exact) mass is 287 g/mol. The Balaban J connectivity index is 1.80. The molecule has 1 saturated heterocycles. The number of pyridine rings is 1. The second-order valence-electron chi connectivity index (χ2n) is 3.99. The van der Waals surface area contributed by atoms with Crippen molar-refractivity contribution in [3.63, 3.8) is 0 Å². The average Bonchev–Trinajstić information content (AvgIpc) is 2.74. The van der Waals surface area contributed by atoms with Gasteiger partial charge in [0.15, 0.2) is 11.6 Å². The van der Waals surface area contributed by atoms with E-state index in [1.54, 1.807) is 6.20 Å². The highest BCUT2D eigenvalue weighted by atomic mass is 79.9. The number of aromatic nitrogens is 1. The molecule has 0 radical (unpaired) electrons. The third kappa shape index (κ3) is 3.15. The molecule has 1 aliphatic heterocycles. The van der Waals surface area contributed by atoms with Crippen molar-refractivity contribution in [3.05, 3.63) is 22.6 Å². The summed E-state index contributed by atoms with van der Waals surface area (Å²) >= 11 is 3.18. The van der Waals surface area contributed by atoms with Crippen molar-refractivity contribution < 1.29 is 4.39 Å². The molecule has 1 unspecified atom stereocenters. The normalized spacial score (nSPS) is 20.0. The topological polar surface area (TPSA) is 37.0 Å². The van der Waals surface area contributed by atoms with Gasteiger partial charge in [0.1, 0.15) is 0 Å². The van der Waals surface area contributed by atoms with Gasteiger partial charge in [0.25, 0.3) is 0 Å². The van der Waals surface area contributed by atoms with E-state index >= 15 is 0 Å². The first-order chi connectivity index (χ1) is 7.75. The molecular weight excluding hydrogens is 273 g/mol. The number of rotatable bonds is 4. The molecule has 0 aliphatic carbocycles. The van der Waals surface area contributed by atoms with Gasteiger partial charge in [-0.25, -0.2) is 9.37 Å². The van der Waals surface area contributed by atoms with Crippen molar-refractivity contribution in [1.82, 2.24) is 10.3 Å². The Bertz CT molecular complexity index is 353. The number of halogens is 2. The number of nitrogens with one attached hydrogen (secondary N) is 2. The summed E-state index contributed by atoms with van der Waals surface area (Å²) in [6, 6.07) is 1.99. The van der Waals surface area contributed by atoms with Crippen molar-refractivity contribution in [2.45, 2.75) is 25.3 Å². The minimum Gasteiger partial charge on any atom is -0.368 e. The molecule has 0 amide bonds. The highest BCUT2D eigenvalue weighted by Gasteiger charge is 2.13. The zero-order valence-electron chi connectivity index (χ0n) is 8.97. The molecule has 1 fully saturated rings. The Morgan fingerprint density at radius 1 is 1.62 bits per heavy atom. The first-order valence-electron chi connectivity index (χ1n) is 5.54. The molecule has 2 rings (SSSR count). The average molecular weight is 288 g/mol. The molecule has 0 bridgehead atoms. The van der Waals surface area contributed by atoms with Crippen molar-refractivity contribution in [3.8, 4) is 0 Å². The summed E-state index contributed by atoms with van der Waals surface area (Å²) in [6.07, 6.45) is 5.07. The number of nitrogens with zero attached hydrogens (tertiary/aromatic N) is 1. The summed E-state index contributed by atoms with van der Waals surface area (Å²) in [5.41, 5.74) is 0. The Hall–Kier alpha value is -0.680. The van der Waals surface area contributed by atoms with Crippen molar-refractivity contribution in [2.24, 2.45) is 0 Å². The van der Waals surface area contributed by atoms with Crippen LogP contribution in [0, 0.1) is 5.82 Å². The lowest BCUT2D eigenvalue weighted by atomic mass is 10.1. The van der Waals surface area contributed by atoms with Crippen LogP contribution in [-0.2, 0) is 0 Å². The Labute approximate surface area is 103 Å². The fourth-order valence-electron chi connectivity index (χ4n) is 1.91. The van der Waals surface area contributed by atoms with Gasteiger partial charge in [0.2, 0.25) is 0 Å². The quantitative estimate of drug-likeness (QED) is 0.894. The molecular formula is C11H15BrFN3. The van der Waals surface area contributed by atoms with E-state index in [2.05, 4.69) is 31.5 Å². The standard InChI is InChI=1S/C11H15BrFN3/c12-8-6-10(13)11(16-7-8)15-5-3-9-2-1-4-14-9/h6-7,9,14H,1-5H2,(H,15,16). The Morgan fingerprint density at radius 3 is 3.19 bits per heavy atom. The fourth-order valence-corrected chi connectivity index (χ4v) is 2.22. The van der Waals surface area contributed by atoms with Crippen LogP contribution in [0.15, 0.2) is 16.7 Å². The fraction of sp³-hybridized carbons (Fsp3) is 0.545. The molecule has 2 N–H and O–H groups in total. The van der Waals surface area contributed by atoms with Crippen LogP contribution in [0.5, 0.6) is 0 Å². The molecule has 88 valence electrons. The Morgan fingerprint density at radius 2 is 2.50 bits per heavy atom. The molecule has 0 aromatic carbocycles.